The van der Waals surface area contributed by atoms with Gasteiger partial charge in [-0.2, -0.15) is 0 Å². The van der Waals surface area contributed by atoms with Crippen LogP contribution in [0.2, 0.25) is 0 Å². The molecule has 1 heterocycles. The number of aliphatic hydroxyl groups excluding tert-OH is 1. The summed E-state index contributed by atoms with van der Waals surface area (Å²) in [6.45, 7) is 3.74. The van der Waals surface area contributed by atoms with Crippen molar-refractivity contribution in [2.75, 3.05) is 13.1 Å². The van der Waals surface area contributed by atoms with E-state index in [9.17, 15) is 0 Å². The van der Waals surface area contributed by atoms with Crippen LogP contribution in [0.5, 0.6) is 0 Å². The number of aliphatic hydroxyl groups is 1. The van der Waals surface area contributed by atoms with E-state index in [1.807, 2.05) is 6.92 Å². The first-order chi connectivity index (χ1) is 3.80. The quantitative estimate of drug-likeness (QED) is 0.472. The van der Waals surface area contributed by atoms with Crippen molar-refractivity contribution >= 4 is 0 Å². The van der Waals surface area contributed by atoms with Crippen LogP contribution >= 0.6 is 0 Å². The number of hydrogen-bond acceptors (Lipinski definition) is 1. The van der Waals surface area contributed by atoms with Gasteiger partial charge < -0.3 is 5.11 Å². The Balaban J connectivity index is 2.28. The Morgan fingerprint density at radius 3 is 2.75 bits per heavy atom. The highest BCUT2D eigenvalue weighted by atomic mass is 16.3. The molecule has 2 atom stereocenters. The molecule has 2 nitrogen and oxygen atoms in total. The van der Waals surface area contributed by atoms with Crippen LogP contribution in [0.4, 0.5) is 0 Å². The predicted molar refractivity (Wildman–Crippen MR) is 31.7 cm³/mol. The van der Waals surface area contributed by atoms with Crippen molar-refractivity contribution in [1.82, 2.24) is 5.32 Å². The number of piperidine rings is 1. The van der Waals surface area contributed by atoms with Crippen molar-refractivity contribution in [3.63, 3.8) is 0 Å². The summed E-state index contributed by atoms with van der Waals surface area (Å²) in [5.41, 5.74) is 0. The molecule has 1 fully saturated rings. The lowest BCUT2D eigenvalue weighted by atomic mass is 9.99. The molecule has 0 bridgehead atoms. The van der Waals surface area contributed by atoms with Crippen molar-refractivity contribution in [2.24, 2.45) is 5.92 Å². The van der Waals surface area contributed by atoms with Gasteiger partial charge in [0.1, 0.15) is 0 Å². The first-order valence-corrected chi connectivity index (χ1v) is 3.12. The van der Waals surface area contributed by atoms with E-state index in [0.717, 1.165) is 19.5 Å². The maximum absolute atomic E-state index is 9.12. The molecule has 0 saturated carbocycles. The van der Waals surface area contributed by atoms with Crippen molar-refractivity contribution in [2.45, 2.75) is 19.4 Å². The summed E-state index contributed by atoms with van der Waals surface area (Å²) in [4.78, 5) is 0. The second-order valence-electron chi connectivity index (χ2n) is 2.46. The van der Waals surface area contributed by atoms with Crippen LogP contribution in [-0.2, 0) is 0 Å². The molecule has 1 saturated heterocycles. The Morgan fingerprint density at radius 2 is 2.38 bits per heavy atom. The SMILES string of the molecule is C[C@H]1C[N]CC[C@@H]1O. The fourth-order valence-electron chi connectivity index (χ4n) is 0.925. The van der Waals surface area contributed by atoms with Gasteiger partial charge in [0.05, 0.1) is 6.10 Å². The Morgan fingerprint density at radius 1 is 1.62 bits per heavy atom. The van der Waals surface area contributed by atoms with Crippen LogP contribution in [-0.4, -0.2) is 24.3 Å². The molecule has 47 valence electrons. The molecular formula is C6H12NO. The largest absolute Gasteiger partial charge is 0.393 e. The standard InChI is InChI=1S/C6H12NO/c1-5-4-7-3-2-6(5)8/h5-6,8H,2-4H2,1H3/t5-,6-/m0/s1. The van der Waals surface area contributed by atoms with Gasteiger partial charge in [0.15, 0.2) is 0 Å². The predicted octanol–water partition coefficient (Wildman–Crippen LogP) is -0.00850. The Hall–Kier alpha value is -0.0800. The third-order valence-corrected chi connectivity index (χ3v) is 1.66. The normalized spacial score (nSPS) is 39.8. The highest BCUT2D eigenvalue weighted by Gasteiger charge is 2.17. The van der Waals surface area contributed by atoms with E-state index in [1.54, 1.807) is 0 Å². The summed E-state index contributed by atoms with van der Waals surface area (Å²) in [5.74, 6) is 0.392. The van der Waals surface area contributed by atoms with Gasteiger partial charge >= 0.3 is 0 Å². The zero-order valence-electron chi connectivity index (χ0n) is 5.17. The average Bonchev–Trinajstić information content (AvgIpc) is 1.77. The summed E-state index contributed by atoms with van der Waals surface area (Å²) >= 11 is 0. The molecule has 1 aliphatic rings. The molecule has 0 aromatic carbocycles. The van der Waals surface area contributed by atoms with E-state index in [0.29, 0.717) is 5.92 Å². The molecule has 8 heavy (non-hydrogen) atoms. The molecular weight excluding hydrogens is 102 g/mol. The van der Waals surface area contributed by atoms with E-state index < -0.39 is 0 Å². The molecule has 1 radical (unpaired) electrons. The third kappa shape index (κ3) is 1.20. The second kappa shape index (κ2) is 2.46. The summed E-state index contributed by atoms with van der Waals surface area (Å²) in [6, 6.07) is 0. The molecule has 1 rings (SSSR count). The minimum Gasteiger partial charge on any atom is -0.393 e. The van der Waals surface area contributed by atoms with Crippen molar-refractivity contribution in [3.8, 4) is 0 Å². The molecule has 0 spiro atoms. The van der Waals surface area contributed by atoms with E-state index in [-0.39, 0.29) is 6.10 Å². The average molecular weight is 114 g/mol. The minimum atomic E-state index is -0.0903. The van der Waals surface area contributed by atoms with Gasteiger partial charge in [-0.1, -0.05) is 6.92 Å². The van der Waals surface area contributed by atoms with E-state index in [1.165, 1.54) is 0 Å². The van der Waals surface area contributed by atoms with Crippen LogP contribution in [0.25, 0.3) is 0 Å². The van der Waals surface area contributed by atoms with Crippen LogP contribution in [0.1, 0.15) is 13.3 Å². The van der Waals surface area contributed by atoms with Gasteiger partial charge in [-0.25, -0.2) is 5.32 Å². The fourth-order valence-corrected chi connectivity index (χ4v) is 0.925. The van der Waals surface area contributed by atoms with Gasteiger partial charge in [-0.3, -0.25) is 0 Å². The van der Waals surface area contributed by atoms with Crippen LogP contribution in [0.15, 0.2) is 0 Å². The van der Waals surface area contributed by atoms with Gasteiger partial charge in [0, 0.05) is 13.1 Å². The second-order valence-corrected chi connectivity index (χ2v) is 2.46. The number of hydrogen-bond donors (Lipinski definition) is 1. The Bertz CT molecular complexity index is 64.9. The van der Waals surface area contributed by atoms with Crippen molar-refractivity contribution < 1.29 is 5.11 Å². The lowest BCUT2D eigenvalue weighted by Gasteiger charge is -2.23. The summed E-state index contributed by atoms with van der Waals surface area (Å²) < 4.78 is 0. The van der Waals surface area contributed by atoms with Crippen LogP contribution in [0.3, 0.4) is 0 Å². The molecule has 0 unspecified atom stereocenters. The summed E-state index contributed by atoms with van der Waals surface area (Å²) in [7, 11) is 0. The first kappa shape index (κ1) is 6.05. The molecule has 0 amide bonds. The highest BCUT2D eigenvalue weighted by molar-refractivity contribution is 4.72. The maximum atomic E-state index is 9.12. The summed E-state index contributed by atoms with van der Waals surface area (Å²) in [6.07, 6.45) is 0.772. The molecule has 0 aromatic heterocycles. The van der Waals surface area contributed by atoms with E-state index in [2.05, 4.69) is 5.32 Å². The monoisotopic (exact) mass is 114 g/mol. The first-order valence-electron chi connectivity index (χ1n) is 3.12. The zero-order chi connectivity index (χ0) is 5.98. The Labute approximate surface area is 49.9 Å². The van der Waals surface area contributed by atoms with Gasteiger partial charge in [-0.15, -0.1) is 0 Å². The topological polar surface area (TPSA) is 34.3 Å². The lowest BCUT2D eigenvalue weighted by molar-refractivity contribution is 0.0870. The number of rotatable bonds is 0. The smallest absolute Gasteiger partial charge is 0.0591 e. The lowest BCUT2D eigenvalue weighted by Crippen LogP contribution is -2.34. The highest BCUT2D eigenvalue weighted by Crippen LogP contribution is 2.09. The van der Waals surface area contributed by atoms with Crippen LogP contribution < -0.4 is 5.32 Å². The van der Waals surface area contributed by atoms with E-state index >= 15 is 0 Å². The molecule has 1 aliphatic heterocycles. The van der Waals surface area contributed by atoms with Crippen molar-refractivity contribution in [1.29, 1.82) is 0 Å². The number of nitrogens with zero attached hydrogens (tertiary/aromatic N) is 1. The van der Waals surface area contributed by atoms with Gasteiger partial charge in [0.2, 0.25) is 0 Å². The summed E-state index contributed by atoms with van der Waals surface area (Å²) in [5, 5.41) is 13.3. The zero-order valence-corrected chi connectivity index (χ0v) is 5.17. The van der Waals surface area contributed by atoms with Crippen molar-refractivity contribution in [3.05, 3.63) is 0 Å². The van der Waals surface area contributed by atoms with E-state index in [4.69, 9.17) is 5.11 Å². The minimum absolute atomic E-state index is 0.0903. The molecule has 2 heteroatoms. The van der Waals surface area contributed by atoms with Gasteiger partial charge in [-0.05, 0) is 12.3 Å². The fraction of sp³-hybridized carbons (Fsp3) is 1.00. The molecule has 0 aliphatic carbocycles. The maximum Gasteiger partial charge on any atom is 0.0591 e. The Kier molecular flexibility index (Phi) is 1.86. The molecule has 1 N–H and O–H groups in total. The van der Waals surface area contributed by atoms with Crippen LogP contribution in [0, 0.1) is 5.92 Å². The van der Waals surface area contributed by atoms with Gasteiger partial charge in [0.25, 0.3) is 0 Å². The third-order valence-electron chi connectivity index (χ3n) is 1.66. The molecule has 0 aromatic rings.